The fourth-order valence-electron chi connectivity index (χ4n) is 2.30. The lowest BCUT2D eigenvalue weighted by Crippen LogP contribution is -2.25. The molecule has 0 unspecified atom stereocenters. The van der Waals surface area contributed by atoms with E-state index in [0.29, 0.717) is 21.5 Å². The lowest BCUT2D eigenvalue weighted by Gasteiger charge is -2.11. The van der Waals surface area contributed by atoms with E-state index in [4.69, 9.17) is 27.6 Å². The lowest BCUT2D eigenvalue weighted by molar-refractivity contribution is 0.0941. The molecule has 1 amide bonds. The monoisotopic (exact) mass is 359 g/mol. The number of hydrogen-bond donors (Lipinski definition) is 1. The molecule has 0 aliphatic heterocycles. The zero-order valence-corrected chi connectivity index (χ0v) is 13.8. The van der Waals surface area contributed by atoms with Crippen molar-refractivity contribution in [2.45, 2.75) is 6.54 Å². The third kappa shape index (κ3) is 3.16. The van der Waals surface area contributed by atoms with Crippen LogP contribution in [0.2, 0.25) is 10.0 Å². The van der Waals surface area contributed by atoms with E-state index in [2.05, 4.69) is 5.32 Å². The summed E-state index contributed by atoms with van der Waals surface area (Å²) in [6.45, 7) is 0.218. The van der Waals surface area contributed by atoms with Gasteiger partial charge in [-0.3, -0.25) is 4.79 Å². The molecule has 0 atom stereocenters. The van der Waals surface area contributed by atoms with Crippen LogP contribution in [0.3, 0.4) is 0 Å². The minimum absolute atomic E-state index is 0.202. The zero-order valence-electron chi connectivity index (χ0n) is 12.3. The number of nitriles is 1. The Morgan fingerprint density at radius 2 is 2.12 bits per heavy atom. The van der Waals surface area contributed by atoms with E-state index < -0.39 is 5.91 Å². The van der Waals surface area contributed by atoms with Crippen LogP contribution >= 0.6 is 23.2 Å². The molecule has 0 bridgehead atoms. The second-order valence-corrected chi connectivity index (χ2v) is 5.76. The predicted molar refractivity (Wildman–Crippen MR) is 90.4 cm³/mol. The zero-order chi connectivity index (χ0) is 17.1. The summed E-state index contributed by atoms with van der Waals surface area (Å²) in [5, 5.41) is 12.9. The third-order valence-electron chi connectivity index (χ3n) is 3.39. The SMILES string of the molecule is N#Cc1ccn(-c2ccc(Cl)cc2Cl)c1C(=O)NCc1ccco1. The summed E-state index contributed by atoms with van der Waals surface area (Å²) < 4.78 is 6.75. The van der Waals surface area contributed by atoms with Crippen molar-refractivity contribution in [1.29, 1.82) is 5.26 Å². The average molecular weight is 360 g/mol. The van der Waals surface area contributed by atoms with E-state index in [1.54, 1.807) is 47.2 Å². The molecule has 7 heteroatoms. The molecule has 1 N–H and O–H groups in total. The van der Waals surface area contributed by atoms with E-state index in [9.17, 15) is 10.1 Å². The van der Waals surface area contributed by atoms with Crippen molar-refractivity contribution in [2.75, 3.05) is 0 Å². The van der Waals surface area contributed by atoms with Crippen molar-refractivity contribution in [3.8, 4) is 11.8 Å². The van der Waals surface area contributed by atoms with Crippen LogP contribution in [0.15, 0.2) is 53.3 Å². The average Bonchev–Trinajstić information content (AvgIpc) is 3.22. The standard InChI is InChI=1S/C17H11Cl2N3O2/c18-12-3-4-15(14(19)8-12)22-6-5-11(9-20)16(22)17(23)21-10-13-2-1-7-24-13/h1-8H,10H2,(H,21,23). The smallest absolute Gasteiger partial charge is 0.270 e. The quantitative estimate of drug-likeness (QED) is 0.759. The second kappa shape index (κ2) is 6.83. The first-order valence-corrected chi connectivity index (χ1v) is 7.73. The van der Waals surface area contributed by atoms with Gasteiger partial charge < -0.3 is 14.3 Å². The third-order valence-corrected chi connectivity index (χ3v) is 3.93. The summed E-state index contributed by atoms with van der Waals surface area (Å²) >= 11 is 12.1. The molecule has 0 saturated carbocycles. The summed E-state index contributed by atoms with van der Waals surface area (Å²) in [6.07, 6.45) is 3.15. The van der Waals surface area contributed by atoms with Crippen molar-refractivity contribution in [2.24, 2.45) is 0 Å². The van der Waals surface area contributed by atoms with Crippen molar-refractivity contribution in [3.05, 3.63) is 75.9 Å². The molecule has 2 aromatic heterocycles. The topological polar surface area (TPSA) is 71.0 Å². The van der Waals surface area contributed by atoms with Crippen LogP contribution in [-0.4, -0.2) is 10.5 Å². The Balaban J connectivity index is 1.96. The molecular formula is C17H11Cl2N3O2. The Bertz CT molecular complexity index is 924. The number of aromatic nitrogens is 1. The molecule has 0 spiro atoms. The molecule has 0 saturated heterocycles. The van der Waals surface area contributed by atoms with E-state index in [0.717, 1.165) is 0 Å². The molecule has 3 aromatic rings. The number of carbonyl (C=O) groups is 1. The van der Waals surface area contributed by atoms with Gasteiger partial charge in [0.2, 0.25) is 0 Å². The van der Waals surface area contributed by atoms with Crippen LogP contribution in [0.1, 0.15) is 21.8 Å². The molecule has 0 radical (unpaired) electrons. The first-order valence-electron chi connectivity index (χ1n) is 6.97. The Kier molecular flexibility index (Phi) is 4.61. The minimum atomic E-state index is -0.404. The van der Waals surface area contributed by atoms with Crippen molar-refractivity contribution >= 4 is 29.1 Å². The van der Waals surface area contributed by atoms with Crippen LogP contribution in [0, 0.1) is 11.3 Å². The van der Waals surface area contributed by atoms with Crippen LogP contribution in [-0.2, 0) is 6.54 Å². The number of furan rings is 1. The lowest BCUT2D eigenvalue weighted by atomic mass is 10.2. The van der Waals surface area contributed by atoms with E-state index in [-0.39, 0.29) is 17.8 Å². The highest BCUT2D eigenvalue weighted by molar-refractivity contribution is 6.35. The minimum Gasteiger partial charge on any atom is -0.467 e. The van der Waals surface area contributed by atoms with Crippen LogP contribution in [0.5, 0.6) is 0 Å². The summed E-state index contributed by atoms with van der Waals surface area (Å²) in [5.41, 5.74) is 1.01. The second-order valence-electron chi connectivity index (χ2n) is 4.92. The molecule has 2 heterocycles. The van der Waals surface area contributed by atoms with Gasteiger partial charge in [-0.15, -0.1) is 0 Å². The van der Waals surface area contributed by atoms with E-state index in [1.807, 2.05) is 6.07 Å². The van der Waals surface area contributed by atoms with Crippen molar-refractivity contribution in [3.63, 3.8) is 0 Å². The molecule has 0 fully saturated rings. The Morgan fingerprint density at radius 3 is 2.79 bits per heavy atom. The van der Waals surface area contributed by atoms with Crippen molar-refractivity contribution < 1.29 is 9.21 Å². The fourth-order valence-corrected chi connectivity index (χ4v) is 2.80. The normalized spacial score (nSPS) is 10.4. The maximum absolute atomic E-state index is 12.6. The summed E-state index contributed by atoms with van der Waals surface area (Å²) in [4.78, 5) is 12.6. The first-order chi connectivity index (χ1) is 11.6. The van der Waals surface area contributed by atoms with Gasteiger partial charge in [0.15, 0.2) is 0 Å². The van der Waals surface area contributed by atoms with Gasteiger partial charge in [-0.25, -0.2) is 0 Å². The van der Waals surface area contributed by atoms with Gasteiger partial charge >= 0.3 is 0 Å². The largest absolute Gasteiger partial charge is 0.467 e. The van der Waals surface area contributed by atoms with E-state index in [1.165, 1.54) is 6.26 Å². The van der Waals surface area contributed by atoms with Gasteiger partial charge in [0.1, 0.15) is 17.5 Å². The van der Waals surface area contributed by atoms with Gasteiger partial charge in [0.05, 0.1) is 29.1 Å². The molecule has 24 heavy (non-hydrogen) atoms. The molecule has 0 aliphatic carbocycles. The number of amides is 1. The number of rotatable bonds is 4. The summed E-state index contributed by atoms with van der Waals surface area (Å²) in [6, 6.07) is 12.0. The summed E-state index contributed by atoms with van der Waals surface area (Å²) in [7, 11) is 0. The number of carbonyl (C=O) groups excluding carboxylic acids is 1. The molecule has 120 valence electrons. The number of nitrogens with one attached hydrogen (secondary N) is 1. The summed E-state index contributed by atoms with van der Waals surface area (Å²) in [5.74, 6) is 0.212. The van der Waals surface area contributed by atoms with Crippen LogP contribution < -0.4 is 5.32 Å². The predicted octanol–water partition coefficient (Wildman–Crippen LogP) is 4.18. The van der Waals surface area contributed by atoms with Gasteiger partial charge in [-0.1, -0.05) is 23.2 Å². The number of nitrogens with zero attached hydrogens (tertiary/aromatic N) is 2. The van der Waals surface area contributed by atoms with Gasteiger partial charge in [0, 0.05) is 11.2 Å². The van der Waals surface area contributed by atoms with E-state index >= 15 is 0 Å². The molecule has 0 aliphatic rings. The molecule has 1 aromatic carbocycles. The number of hydrogen-bond acceptors (Lipinski definition) is 3. The Labute approximate surface area is 148 Å². The molecular weight excluding hydrogens is 349 g/mol. The fraction of sp³-hybridized carbons (Fsp3) is 0.0588. The number of halogens is 2. The van der Waals surface area contributed by atoms with Gasteiger partial charge in [-0.05, 0) is 36.4 Å². The molecule has 5 nitrogen and oxygen atoms in total. The first kappa shape index (κ1) is 16.2. The maximum Gasteiger partial charge on any atom is 0.270 e. The maximum atomic E-state index is 12.6. The Hall–Kier alpha value is -2.68. The van der Waals surface area contributed by atoms with Gasteiger partial charge in [0.25, 0.3) is 5.91 Å². The van der Waals surface area contributed by atoms with Gasteiger partial charge in [-0.2, -0.15) is 5.26 Å². The highest BCUT2D eigenvalue weighted by atomic mass is 35.5. The Morgan fingerprint density at radius 1 is 1.29 bits per heavy atom. The highest BCUT2D eigenvalue weighted by Crippen LogP contribution is 2.27. The van der Waals surface area contributed by atoms with Crippen LogP contribution in [0.25, 0.3) is 5.69 Å². The molecule has 3 rings (SSSR count). The van der Waals surface area contributed by atoms with Crippen molar-refractivity contribution in [1.82, 2.24) is 9.88 Å². The highest BCUT2D eigenvalue weighted by Gasteiger charge is 2.19. The van der Waals surface area contributed by atoms with Crippen LogP contribution in [0.4, 0.5) is 0 Å². The number of benzene rings is 1.